The van der Waals surface area contributed by atoms with E-state index in [-0.39, 0.29) is 11.6 Å². The molecule has 2 N–H and O–H groups in total. The van der Waals surface area contributed by atoms with Crippen molar-refractivity contribution in [3.63, 3.8) is 0 Å². The molecule has 2 amide bonds. The minimum atomic E-state index is -0.231. The monoisotopic (exact) mass is 343 g/mol. The van der Waals surface area contributed by atoms with Gasteiger partial charge in [-0.25, -0.2) is 9.48 Å². The van der Waals surface area contributed by atoms with Gasteiger partial charge in [-0.2, -0.15) is 5.10 Å². The molecule has 25 heavy (non-hydrogen) atoms. The van der Waals surface area contributed by atoms with Crippen molar-refractivity contribution in [3.05, 3.63) is 42.6 Å². The molecule has 1 aliphatic heterocycles. The van der Waals surface area contributed by atoms with Crippen LogP contribution in [0.5, 0.6) is 0 Å². The molecule has 0 radical (unpaired) electrons. The van der Waals surface area contributed by atoms with Crippen LogP contribution in [0.15, 0.2) is 42.6 Å². The van der Waals surface area contributed by atoms with Crippen molar-refractivity contribution in [2.45, 2.75) is 18.4 Å². The first kappa shape index (κ1) is 17.4. The molecular formula is C18H25N5O2. The molecule has 2 heterocycles. The second kappa shape index (κ2) is 7.67. The summed E-state index contributed by atoms with van der Waals surface area (Å²) in [6.07, 6.45) is 3.48. The zero-order valence-corrected chi connectivity index (χ0v) is 14.7. The van der Waals surface area contributed by atoms with Crippen LogP contribution < -0.4 is 10.6 Å². The average molecular weight is 343 g/mol. The van der Waals surface area contributed by atoms with E-state index in [0.717, 1.165) is 31.7 Å². The van der Waals surface area contributed by atoms with Crippen LogP contribution in [0.2, 0.25) is 0 Å². The second-order valence-electron chi connectivity index (χ2n) is 6.50. The Labute approximate surface area is 148 Å². The van der Waals surface area contributed by atoms with Gasteiger partial charge < -0.3 is 15.0 Å². The normalized spacial score (nSPS) is 16.6. The molecule has 0 saturated carbocycles. The Morgan fingerprint density at radius 1 is 1.24 bits per heavy atom. The number of carbonyl (C=O) groups excluding carboxylic acids is 1. The maximum Gasteiger partial charge on any atom is 0.320 e. The quantitative estimate of drug-likeness (QED) is 0.872. The summed E-state index contributed by atoms with van der Waals surface area (Å²) in [5.74, 6) is 0.634. The first-order valence-corrected chi connectivity index (χ1v) is 8.50. The lowest BCUT2D eigenvalue weighted by Gasteiger charge is -2.42. The smallest absolute Gasteiger partial charge is 0.320 e. The van der Waals surface area contributed by atoms with Gasteiger partial charge in [-0.05, 0) is 39.1 Å². The van der Waals surface area contributed by atoms with Crippen LogP contribution in [0.25, 0.3) is 5.69 Å². The lowest BCUT2D eigenvalue weighted by Crippen LogP contribution is -2.56. The van der Waals surface area contributed by atoms with E-state index in [1.54, 1.807) is 16.9 Å². The Kier molecular flexibility index (Phi) is 5.35. The summed E-state index contributed by atoms with van der Waals surface area (Å²) >= 11 is 0. The number of hydrogen-bond donors (Lipinski definition) is 2. The Morgan fingerprint density at radius 3 is 2.64 bits per heavy atom. The molecule has 7 heteroatoms. The number of urea groups is 1. The predicted octanol–water partition coefficient (Wildman–Crippen LogP) is 2.10. The minimum Gasteiger partial charge on any atom is -0.381 e. The summed E-state index contributed by atoms with van der Waals surface area (Å²) in [7, 11) is 4.10. The average Bonchev–Trinajstić information content (AvgIpc) is 3.09. The van der Waals surface area contributed by atoms with E-state index in [1.165, 1.54) is 0 Å². The summed E-state index contributed by atoms with van der Waals surface area (Å²) in [5.41, 5.74) is 0.840. The fourth-order valence-electron chi connectivity index (χ4n) is 3.11. The highest BCUT2D eigenvalue weighted by Gasteiger charge is 2.35. The predicted molar refractivity (Wildman–Crippen MR) is 97.1 cm³/mol. The highest BCUT2D eigenvalue weighted by molar-refractivity contribution is 5.88. The fraction of sp³-hybridized carbons (Fsp3) is 0.444. The van der Waals surface area contributed by atoms with E-state index in [2.05, 4.69) is 34.7 Å². The van der Waals surface area contributed by atoms with Gasteiger partial charge in [-0.15, -0.1) is 0 Å². The standard InChI is InChI=1S/C18H25N5O2/c1-22(2)18(9-12-25-13-10-18)14-19-17(24)21-16-8-11-20-23(16)15-6-4-3-5-7-15/h3-8,11H,9-10,12-14H2,1-2H3,(H2,19,21,24). The first-order valence-electron chi connectivity index (χ1n) is 8.50. The highest BCUT2D eigenvalue weighted by Crippen LogP contribution is 2.25. The van der Waals surface area contributed by atoms with E-state index in [4.69, 9.17) is 4.74 Å². The van der Waals surface area contributed by atoms with Gasteiger partial charge in [0.25, 0.3) is 0 Å². The Morgan fingerprint density at radius 2 is 1.96 bits per heavy atom. The number of rotatable bonds is 5. The molecule has 7 nitrogen and oxygen atoms in total. The number of likely N-dealkylation sites (N-methyl/N-ethyl adjacent to an activating group) is 1. The number of amides is 2. The number of nitrogens with one attached hydrogen (secondary N) is 2. The molecule has 1 aromatic carbocycles. The Hall–Kier alpha value is -2.38. The lowest BCUT2D eigenvalue weighted by molar-refractivity contribution is -0.00553. The van der Waals surface area contributed by atoms with E-state index >= 15 is 0 Å². The highest BCUT2D eigenvalue weighted by atomic mass is 16.5. The van der Waals surface area contributed by atoms with Crippen molar-refractivity contribution in [2.75, 3.05) is 39.2 Å². The third-order valence-electron chi connectivity index (χ3n) is 4.84. The first-order chi connectivity index (χ1) is 12.1. The third-order valence-corrected chi connectivity index (χ3v) is 4.84. The summed E-state index contributed by atoms with van der Waals surface area (Å²) in [4.78, 5) is 14.6. The summed E-state index contributed by atoms with van der Waals surface area (Å²) < 4.78 is 7.17. The van der Waals surface area contributed by atoms with Crippen molar-refractivity contribution in [1.82, 2.24) is 20.0 Å². The van der Waals surface area contributed by atoms with Crippen molar-refractivity contribution >= 4 is 11.8 Å². The van der Waals surface area contributed by atoms with Gasteiger partial charge in [0.05, 0.1) is 11.9 Å². The fourth-order valence-corrected chi connectivity index (χ4v) is 3.11. The van der Waals surface area contributed by atoms with Gasteiger partial charge >= 0.3 is 6.03 Å². The van der Waals surface area contributed by atoms with Crippen molar-refractivity contribution in [2.24, 2.45) is 0 Å². The van der Waals surface area contributed by atoms with Crippen LogP contribution in [0.1, 0.15) is 12.8 Å². The molecule has 1 fully saturated rings. The molecule has 0 aliphatic carbocycles. The Balaban J connectivity index is 1.63. The van der Waals surface area contributed by atoms with E-state index in [0.29, 0.717) is 12.4 Å². The topological polar surface area (TPSA) is 71.4 Å². The van der Waals surface area contributed by atoms with Gasteiger partial charge in [0.2, 0.25) is 0 Å². The largest absolute Gasteiger partial charge is 0.381 e. The third kappa shape index (κ3) is 4.00. The minimum absolute atomic E-state index is 0.0603. The van der Waals surface area contributed by atoms with Crippen LogP contribution >= 0.6 is 0 Å². The number of benzene rings is 1. The van der Waals surface area contributed by atoms with Gasteiger partial charge in [0.1, 0.15) is 5.82 Å². The number of nitrogens with zero attached hydrogens (tertiary/aromatic N) is 3. The molecule has 2 aromatic rings. The van der Waals surface area contributed by atoms with Gasteiger partial charge in [0.15, 0.2) is 0 Å². The number of carbonyl (C=O) groups is 1. The maximum absolute atomic E-state index is 12.4. The molecule has 1 saturated heterocycles. The molecule has 0 atom stereocenters. The molecule has 1 aromatic heterocycles. The van der Waals surface area contributed by atoms with Gasteiger partial charge in [0, 0.05) is 31.4 Å². The number of aromatic nitrogens is 2. The Bertz CT molecular complexity index is 693. The number of hydrogen-bond acceptors (Lipinski definition) is 4. The SMILES string of the molecule is CN(C)C1(CNC(=O)Nc2ccnn2-c2ccccc2)CCOCC1. The lowest BCUT2D eigenvalue weighted by atomic mass is 9.88. The van der Waals surface area contributed by atoms with Crippen molar-refractivity contribution < 1.29 is 9.53 Å². The van der Waals surface area contributed by atoms with E-state index < -0.39 is 0 Å². The zero-order chi connectivity index (χ0) is 17.7. The van der Waals surface area contributed by atoms with Crippen LogP contribution in [-0.4, -0.2) is 60.1 Å². The van der Waals surface area contributed by atoms with Crippen LogP contribution in [0.3, 0.4) is 0 Å². The van der Waals surface area contributed by atoms with Crippen LogP contribution in [0, 0.1) is 0 Å². The van der Waals surface area contributed by atoms with Crippen molar-refractivity contribution in [3.8, 4) is 5.69 Å². The molecule has 0 unspecified atom stereocenters. The van der Waals surface area contributed by atoms with E-state index in [9.17, 15) is 4.79 Å². The van der Waals surface area contributed by atoms with Gasteiger partial charge in [-0.3, -0.25) is 5.32 Å². The molecular weight excluding hydrogens is 318 g/mol. The summed E-state index contributed by atoms with van der Waals surface area (Å²) in [5, 5.41) is 10.2. The summed E-state index contributed by atoms with van der Waals surface area (Å²) in [6, 6.07) is 11.3. The number of ether oxygens (including phenoxy) is 1. The number of para-hydroxylation sites is 1. The summed E-state index contributed by atoms with van der Waals surface area (Å²) in [6.45, 7) is 2.03. The molecule has 0 spiro atoms. The second-order valence-corrected chi connectivity index (χ2v) is 6.50. The van der Waals surface area contributed by atoms with Crippen LogP contribution in [-0.2, 0) is 4.74 Å². The maximum atomic E-state index is 12.4. The van der Waals surface area contributed by atoms with Gasteiger partial charge in [-0.1, -0.05) is 18.2 Å². The van der Waals surface area contributed by atoms with Crippen molar-refractivity contribution in [1.29, 1.82) is 0 Å². The number of anilines is 1. The zero-order valence-electron chi connectivity index (χ0n) is 14.7. The van der Waals surface area contributed by atoms with Crippen LogP contribution in [0.4, 0.5) is 10.6 Å². The molecule has 0 bridgehead atoms. The van der Waals surface area contributed by atoms with E-state index in [1.807, 2.05) is 30.3 Å². The molecule has 134 valence electrons. The molecule has 3 rings (SSSR count). The molecule has 1 aliphatic rings.